The second-order valence-corrected chi connectivity index (χ2v) is 9.87. The molecule has 0 unspecified atom stereocenters. The van der Waals surface area contributed by atoms with Crippen molar-refractivity contribution < 1.29 is 39.2 Å². The maximum Gasteiger partial charge on any atom is 3.00 e. The molecule has 6 rings (SSSR count). The summed E-state index contributed by atoms with van der Waals surface area (Å²) in [6.45, 7) is 5.20. The van der Waals surface area contributed by atoms with Crippen LogP contribution in [0.15, 0.2) is 152 Å². The zero-order chi connectivity index (χ0) is 33.8. The fraction of sp³-hybridized carbons (Fsp3) is 0.0750. The Bertz CT molecular complexity index is 1700. The van der Waals surface area contributed by atoms with Crippen molar-refractivity contribution in [2.45, 2.75) is 6.92 Å². The van der Waals surface area contributed by atoms with E-state index in [2.05, 4.69) is 45.0 Å². The Morgan fingerprint density at radius 2 is 1.16 bits per heavy atom. The Morgan fingerprint density at radius 1 is 0.673 bits per heavy atom. The van der Waals surface area contributed by atoms with Crippen LogP contribution in [-0.2, 0) is 29.6 Å². The van der Waals surface area contributed by atoms with E-state index >= 15 is 0 Å². The van der Waals surface area contributed by atoms with Gasteiger partial charge >= 0.3 is 32.2 Å². The Kier molecular flexibility index (Phi) is 16.3. The van der Waals surface area contributed by atoms with Gasteiger partial charge in [0.1, 0.15) is 6.61 Å². The van der Waals surface area contributed by atoms with Crippen LogP contribution in [0.25, 0.3) is 33.8 Å². The second-order valence-electron chi connectivity index (χ2n) is 9.87. The topological polar surface area (TPSA) is 103 Å². The van der Waals surface area contributed by atoms with Gasteiger partial charge in [-0.3, -0.25) is 0 Å². The largest absolute Gasteiger partial charge is 3.00 e. The molecule has 3 heterocycles. The Morgan fingerprint density at radius 3 is 1.61 bits per heavy atom. The minimum Gasteiger partial charge on any atom is -0.460 e. The molecule has 1 N–H and O–H groups in total. The maximum atomic E-state index is 11.7. The molecule has 0 saturated carbocycles. The fourth-order valence-corrected chi connectivity index (χ4v) is 3.89. The van der Waals surface area contributed by atoms with Gasteiger partial charge in [-0.1, -0.05) is 43.0 Å². The van der Waals surface area contributed by atoms with E-state index in [9.17, 15) is 9.59 Å². The second kappa shape index (κ2) is 21.2. The summed E-state index contributed by atoms with van der Waals surface area (Å²) in [6, 6.07) is 47.1. The first-order chi connectivity index (χ1) is 23.5. The van der Waals surface area contributed by atoms with Crippen molar-refractivity contribution in [1.82, 2.24) is 20.3 Å². The number of ether oxygens (including phenoxy) is 2. The molecule has 0 spiro atoms. The Balaban J connectivity index is 0.000000217. The zero-order valence-electron chi connectivity index (χ0n) is 26.7. The number of benzene rings is 3. The smallest absolute Gasteiger partial charge is 0.460 e. The molecule has 0 fully saturated rings. The van der Waals surface area contributed by atoms with Crippen molar-refractivity contribution in [3.8, 4) is 39.5 Å². The number of nitrogens with zero attached hydrogens (tertiary/aromatic N) is 3. The van der Waals surface area contributed by atoms with Crippen LogP contribution >= 0.6 is 0 Å². The first kappa shape index (κ1) is 37.7. The van der Waals surface area contributed by atoms with E-state index in [0.717, 1.165) is 33.8 Å². The average molecular weight is 826 g/mol. The average Bonchev–Trinajstić information content (AvgIpc) is 3.16. The SMILES string of the molecule is C=C(C)C(=O)OCCNC(=O)Oc1cc[c-]c(-c2ccccn2)c1.[Ir+3].[c-]1ccccc1-c1ccccn1.[c-]1ccccc1-c1ccccn1. The van der Waals surface area contributed by atoms with E-state index in [1.54, 1.807) is 43.7 Å². The molecule has 1 amide bonds. The van der Waals surface area contributed by atoms with E-state index in [1.165, 1.54) is 0 Å². The number of hydrogen-bond acceptors (Lipinski definition) is 7. The summed E-state index contributed by atoms with van der Waals surface area (Å²) in [5.74, 6) is -0.130. The molecule has 0 aliphatic heterocycles. The standard InChI is InChI=1S/C18H17N2O4.2C11H8N.Ir/c1-13(2)17(21)23-11-10-20-18(22)24-15-7-5-6-14(12-15)16-8-3-4-9-19-16;2*1-2-6-10(7-3-1)11-8-4-5-9-12-11;/h3-5,7-9,12H,1,10-11H2,2H3,(H,20,22);2*1-6,8-9H;/q3*-1;+3. The zero-order valence-corrected chi connectivity index (χ0v) is 29.1. The van der Waals surface area contributed by atoms with Gasteiger partial charge in [0, 0.05) is 24.2 Å². The van der Waals surface area contributed by atoms with Gasteiger partial charge in [-0.05, 0) is 42.2 Å². The number of carbonyl (C=O) groups excluding carboxylic acids is 2. The van der Waals surface area contributed by atoms with Gasteiger partial charge in [0.2, 0.25) is 0 Å². The number of hydrogen-bond donors (Lipinski definition) is 1. The molecule has 6 aromatic rings. The molecule has 8 nitrogen and oxygen atoms in total. The third-order valence-corrected chi connectivity index (χ3v) is 6.18. The summed E-state index contributed by atoms with van der Waals surface area (Å²) in [5, 5.41) is 2.49. The first-order valence-corrected chi connectivity index (χ1v) is 15.0. The van der Waals surface area contributed by atoms with Gasteiger partial charge in [-0.2, -0.15) is 0 Å². The summed E-state index contributed by atoms with van der Waals surface area (Å²) >= 11 is 0. The van der Waals surface area contributed by atoms with Crippen molar-refractivity contribution in [2.75, 3.05) is 13.2 Å². The first-order valence-electron chi connectivity index (χ1n) is 15.0. The number of amides is 1. The van der Waals surface area contributed by atoms with Gasteiger partial charge in [0.25, 0.3) is 0 Å². The fourth-order valence-electron chi connectivity index (χ4n) is 3.89. The van der Waals surface area contributed by atoms with Crippen molar-refractivity contribution in [3.63, 3.8) is 0 Å². The van der Waals surface area contributed by atoms with Crippen LogP contribution < -0.4 is 10.1 Å². The van der Waals surface area contributed by atoms with Crippen LogP contribution in [0.4, 0.5) is 4.79 Å². The van der Waals surface area contributed by atoms with Gasteiger partial charge < -0.3 is 29.7 Å². The van der Waals surface area contributed by atoms with E-state index in [-0.39, 0.29) is 33.3 Å². The third-order valence-electron chi connectivity index (χ3n) is 6.18. The summed E-state index contributed by atoms with van der Waals surface area (Å²) in [4.78, 5) is 35.6. The van der Waals surface area contributed by atoms with Gasteiger partial charge in [0.15, 0.2) is 0 Å². The molecule has 49 heavy (non-hydrogen) atoms. The monoisotopic (exact) mass is 826 g/mol. The van der Waals surface area contributed by atoms with Gasteiger partial charge in [-0.15, -0.1) is 102 Å². The normalized spacial score (nSPS) is 9.57. The van der Waals surface area contributed by atoms with E-state index < -0.39 is 12.1 Å². The molecular weight excluding hydrogens is 793 g/mol. The van der Waals surface area contributed by atoms with Crippen LogP contribution in [0.5, 0.6) is 5.75 Å². The quantitative estimate of drug-likeness (QED) is 0.0722. The van der Waals surface area contributed by atoms with Crippen LogP contribution in [-0.4, -0.2) is 40.2 Å². The van der Waals surface area contributed by atoms with E-state index in [0.29, 0.717) is 11.3 Å². The van der Waals surface area contributed by atoms with Crippen LogP contribution in [0.1, 0.15) is 6.92 Å². The van der Waals surface area contributed by atoms with Crippen LogP contribution in [0.2, 0.25) is 0 Å². The predicted molar refractivity (Wildman–Crippen MR) is 185 cm³/mol. The molecule has 0 aliphatic carbocycles. The number of esters is 1. The summed E-state index contributed by atoms with van der Waals surface area (Å²) < 4.78 is 10.0. The number of rotatable bonds is 8. The molecule has 3 aromatic carbocycles. The van der Waals surface area contributed by atoms with Crippen molar-refractivity contribution >= 4 is 12.1 Å². The van der Waals surface area contributed by atoms with E-state index in [1.807, 2.05) is 103 Å². The third kappa shape index (κ3) is 13.5. The molecule has 0 atom stereocenters. The molecule has 9 heteroatoms. The molecule has 246 valence electrons. The predicted octanol–water partition coefficient (Wildman–Crippen LogP) is 7.85. The van der Waals surface area contributed by atoms with Crippen LogP contribution in [0, 0.1) is 18.2 Å². The number of pyridine rings is 3. The van der Waals surface area contributed by atoms with Crippen molar-refractivity contribution in [3.05, 3.63) is 170 Å². The van der Waals surface area contributed by atoms with Crippen molar-refractivity contribution in [1.29, 1.82) is 0 Å². The minimum atomic E-state index is -0.639. The number of nitrogens with one attached hydrogen (secondary N) is 1. The molecule has 3 aromatic heterocycles. The molecule has 0 bridgehead atoms. The Hall–Kier alpha value is -5.76. The molecule has 0 radical (unpaired) electrons. The molecule has 0 saturated heterocycles. The van der Waals surface area contributed by atoms with Gasteiger partial charge in [0.05, 0.1) is 12.3 Å². The maximum absolute atomic E-state index is 11.7. The molecule has 0 aliphatic rings. The number of aromatic nitrogens is 3. The summed E-state index contributed by atoms with van der Waals surface area (Å²) in [5.41, 5.74) is 5.78. The Labute approximate surface area is 300 Å². The van der Waals surface area contributed by atoms with Crippen LogP contribution in [0.3, 0.4) is 0 Å². The summed E-state index contributed by atoms with van der Waals surface area (Å²) in [7, 11) is 0. The minimum absolute atomic E-state index is 0. The van der Waals surface area contributed by atoms with Gasteiger partial charge in [-0.25, -0.2) is 9.59 Å². The number of carbonyl (C=O) groups is 2. The summed E-state index contributed by atoms with van der Waals surface area (Å²) in [6.07, 6.45) is 4.61. The molecular formula is C40H33IrN4O4. The van der Waals surface area contributed by atoms with Crippen molar-refractivity contribution in [2.24, 2.45) is 0 Å². The van der Waals surface area contributed by atoms with E-state index in [4.69, 9.17) is 9.47 Å².